The number of halogens is 1. The molecule has 0 atom stereocenters. The summed E-state index contributed by atoms with van der Waals surface area (Å²) in [7, 11) is 0. The molecule has 0 radical (unpaired) electrons. The summed E-state index contributed by atoms with van der Waals surface area (Å²) in [6.45, 7) is 2.43. The van der Waals surface area contributed by atoms with E-state index in [9.17, 15) is 0 Å². The van der Waals surface area contributed by atoms with Crippen molar-refractivity contribution in [1.82, 2.24) is 0 Å². The van der Waals surface area contributed by atoms with E-state index < -0.39 is 0 Å². The van der Waals surface area contributed by atoms with Gasteiger partial charge < -0.3 is 10.5 Å². The Morgan fingerprint density at radius 3 is 3.00 bits per heavy atom. The van der Waals surface area contributed by atoms with Gasteiger partial charge >= 0.3 is 0 Å². The van der Waals surface area contributed by atoms with Gasteiger partial charge in [-0.15, -0.1) is 0 Å². The summed E-state index contributed by atoms with van der Waals surface area (Å²) in [6.07, 6.45) is 1.71. The van der Waals surface area contributed by atoms with Crippen molar-refractivity contribution >= 4 is 17.3 Å². The predicted octanol–water partition coefficient (Wildman–Crippen LogP) is 2.71. The number of benzene rings is 1. The molecule has 0 heterocycles. The molecule has 1 aromatic carbocycles. The third-order valence-electron chi connectivity index (χ3n) is 1.59. The molecular formula is C10H12ClNO. The number of hydrogen-bond donors (Lipinski definition) is 1. The van der Waals surface area contributed by atoms with Crippen LogP contribution < -0.4 is 10.5 Å². The molecule has 0 unspecified atom stereocenters. The largest absolute Gasteiger partial charge is 0.487 e. The van der Waals surface area contributed by atoms with Crippen molar-refractivity contribution < 1.29 is 4.74 Å². The Labute approximate surface area is 83.0 Å². The number of aryl methyl sites for hydroxylation is 1. The van der Waals surface area contributed by atoms with Crippen LogP contribution in [0.15, 0.2) is 29.8 Å². The fourth-order valence-corrected chi connectivity index (χ4v) is 1.01. The maximum atomic E-state index is 5.69. The number of nitrogen functional groups attached to an aromatic ring is 1. The van der Waals surface area contributed by atoms with Crippen LogP contribution >= 0.6 is 11.6 Å². The number of nitrogens with two attached hydrogens (primary N) is 1. The molecule has 3 heteroatoms. The average Bonchev–Trinajstić information content (AvgIpc) is 2.11. The maximum absolute atomic E-state index is 5.69. The molecule has 0 bridgehead atoms. The molecule has 1 rings (SSSR count). The molecule has 0 amide bonds. The van der Waals surface area contributed by atoms with Crippen molar-refractivity contribution in [3.63, 3.8) is 0 Å². The van der Waals surface area contributed by atoms with Gasteiger partial charge in [0.1, 0.15) is 12.4 Å². The minimum Gasteiger partial charge on any atom is -0.487 e. The summed E-state index contributed by atoms with van der Waals surface area (Å²) in [5, 5.41) is 0. The van der Waals surface area contributed by atoms with E-state index in [1.807, 2.05) is 25.1 Å². The topological polar surface area (TPSA) is 35.2 Å². The Kier molecular flexibility index (Phi) is 3.65. The minimum absolute atomic E-state index is 0.442. The van der Waals surface area contributed by atoms with Crippen molar-refractivity contribution in [2.75, 3.05) is 12.3 Å². The molecule has 0 saturated carbocycles. The van der Waals surface area contributed by atoms with Gasteiger partial charge in [-0.1, -0.05) is 17.7 Å². The van der Waals surface area contributed by atoms with E-state index in [1.165, 1.54) is 5.54 Å². The second-order valence-electron chi connectivity index (χ2n) is 2.71. The predicted molar refractivity (Wildman–Crippen MR) is 56.1 cm³/mol. The lowest BCUT2D eigenvalue weighted by Crippen LogP contribution is -1.97. The standard InChI is InChI=1S/C10H12ClNO/c1-8-3-4-9(12)10(7-8)13-6-2-5-11/h2-5,7H,6,12H2,1H3/b5-2+. The molecule has 1 aromatic rings. The molecular weight excluding hydrogens is 186 g/mol. The zero-order chi connectivity index (χ0) is 9.68. The molecule has 70 valence electrons. The van der Waals surface area contributed by atoms with Crippen LogP contribution in [-0.2, 0) is 0 Å². The molecule has 2 N–H and O–H groups in total. The van der Waals surface area contributed by atoms with Crippen molar-refractivity contribution in [1.29, 1.82) is 0 Å². The quantitative estimate of drug-likeness (QED) is 0.757. The summed E-state index contributed by atoms with van der Waals surface area (Å²) in [5.74, 6) is 0.703. The normalized spacial score (nSPS) is 10.6. The highest BCUT2D eigenvalue weighted by atomic mass is 35.5. The third kappa shape index (κ3) is 2.99. The summed E-state index contributed by atoms with van der Waals surface area (Å²) in [4.78, 5) is 0. The second kappa shape index (κ2) is 4.77. The highest BCUT2D eigenvalue weighted by molar-refractivity contribution is 6.25. The lowest BCUT2D eigenvalue weighted by atomic mass is 10.2. The van der Waals surface area contributed by atoms with Crippen molar-refractivity contribution in [2.45, 2.75) is 6.92 Å². The molecule has 0 aliphatic heterocycles. The van der Waals surface area contributed by atoms with E-state index in [0.29, 0.717) is 18.0 Å². The Balaban J connectivity index is 2.69. The lowest BCUT2D eigenvalue weighted by Gasteiger charge is -2.06. The Morgan fingerprint density at radius 1 is 1.54 bits per heavy atom. The monoisotopic (exact) mass is 197 g/mol. The van der Waals surface area contributed by atoms with E-state index >= 15 is 0 Å². The lowest BCUT2D eigenvalue weighted by molar-refractivity contribution is 0.365. The summed E-state index contributed by atoms with van der Waals surface area (Å²) < 4.78 is 5.36. The van der Waals surface area contributed by atoms with E-state index in [4.69, 9.17) is 22.1 Å². The Morgan fingerprint density at radius 2 is 2.31 bits per heavy atom. The van der Waals surface area contributed by atoms with Crippen LogP contribution in [0.3, 0.4) is 0 Å². The van der Waals surface area contributed by atoms with Crippen molar-refractivity contribution in [3.05, 3.63) is 35.4 Å². The van der Waals surface area contributed by atoms with Gasteiger partial charge in [0.25, 0.3) is 0 Å². The fourth-order valence-electron chi connectivity index (χ4n) is 0.941. The first kappa shape index (κ1) is 9.93. The van der Waals surface area contributed by atoms with Crippen LogP contribution in [0.25, 0.3) is 0 Å². The summed E-state index contributed by atoms with van der Waals surface area (Å²) in [5.41, 5.74) is 8.88. The van der Waals surface area contributed by atoms with Crippen LogP contribution in [0.5, 0.6) is 5.75 Å². The van der Waals surface area contributed by atoms with Crippen LogP contribution in [0.2, 0.25) is 0 Å². The smallest absolute Gasteiger partial charge is 0.142 e. The van der Waals surface area contributed by atoms with Gasteiger partial charge in [0, 0.05) is 5.54 Å². The highest BCUT2D eigenvalue weighted by Crippen LogP contribution is 2.22. The maximum Gasteiger partial charge on any atom is 0.142 e. The van der Waals surface area contributed by atoms with Gasteiger partial charge in [-0.25, -0.2) is 0 Å². The van der Waals surface area contributed by atoms with E-state index in [-0.39, 0.29) is 0 Å². The second-order valence-corrected chi connectivity index (χ2v) is 2.97. The van der Waals surface area contributed by atoms with Gasteiger partial charge in [0.15, 0.2) is 0 Å². The van der Waals surface area contributed by atoms with Crippen LogP contribution in [0.1, 0.15) is 5.56 Å². The molecule has 2 nitrogen and oxygen atoms in total. The van der Waals surface area contributed by atoms with Gasteiger partial charge in [-0.2, -0.15) is 0 Å². The number of ether oxygens (including phenoxy) is 1. The fraction of sp³-hybridized carbons (Fsp3) is 0.200. The van der Waals surface area contributed by atoms with Crippen molar-refractivity contribution in [3.8, 4) is 5.75 Å². The Hall–Kier alpha value is -1.15. The minimum atomic E-state index is 0.442. The van der Waals surface area contributed by atoms with Gasteiger partial charge in [0.2, 0.25) is 0 Å². The molecule has 0 aliphatic carbocycles. The Bertz CT molecular complexity index is 310. The average molecular weight is 198 g/mol. The first-order valence-electron chi connectivity index (χ1n) is 3.98. The molecule has 0 aliphatic rings. The van der Waals surface area contributed by atoms with Crippen molar-refractivity contribution in [2.24, 2.45) is 0 Å². The molecule has 0 spiro atoms. The van der Waals surface area contributed by atoms with Crippen LogP contribution in [-0.4, -0.2) is 6.61 Å². The van der Waals surface area contributed by atoms with Gasteiger partial charge in [-0.05, 0) is 30.7 Å². The molecule has 0 fully saturated rings. The van der Waals surface area contributed by atoms with Gasteiger partial charge in [0.05, 0.1) is 5.69 Å². The van der Waals surface area contributed by atoms with E-state index in [0.717, 1.165) is 5.56 Å². The molecule has 0 aromatic heterocycles. The summed E-state index contributed by atoms with van der Waals surface area (Å²) >= 11 is 5.35. The number of rotatable bonds is 3. The molecule has 0 saturated heterocycles. The zero-order valence-electron chi connectivity index (χ0n) is 7.46. The number of anilines is 1. The summed E-state index contributed by atoms with van der Waals surface area (Å²) in [6, 6.07) is 5.67. The first-order valence-corrected chi connectivity index (χ1v) is 4.42. The zero-order valence-corrected chi connectivity index (χ0v) is 8.21. The highest BCUT2D eigenvalue weighted by Gasteiger charge is 1.98. The SMILES string of the molecule is Cc1ccc(N)c(OC/C=C/Cl)c1. The number of hydrogen-bond acceptors (Lipinski definition) is 2. The van der Waals surface area contributed by atoms with Gasteiger partial charge in [-0.3, -0.25) is 0 Å². The van der Waals surface area contributed by atoms with E-state index in [2.05, 4.69) is 0 Å². The first-order chi connectivity index (χ1) is 6.24. The molecule has 13 heavy (non-hydrogen) atoms. The van der Waals surface area contributed by atoms with E-state index in [1.54, 1.807) is 6.08 Å². The van der Waals surface area contributed by atoms with Crippen LogP contribution in [0.4, 0.5) is 5.69 Å². The van der Waals surface area contributed by atoms with Crippen LogP contribution in [0, 0.1) is 6.92 Å². The third-order valence-corrected chi connectivity index (χ3v) is 1.77.